The first kappa shape index (κ1) is 42.4. The largest absolute Gasteiger partial charge is 0.462 e. The fourth-order valence-electron chi connectivity index (χ4n) is 5.29. The summed E-state index contributed by atoms with van der Waals surface area (Å²) in [6.07, 6.45) is 40.9. The SMILES string of the molecule is CCCCC=CCCCCCCCC(=O)OC(CO)COC(=O)CCCCCCCCCCCC=CCCCCCCCC. The van der Waals surface area contributed by atoms with E-state index in [0.29, 0.717) is 12.8 Å². The minimum absolute atomic E-state index is 0.0677. The van der Waals surface area contributed by atoms with Crippen LogP contribution < -0.4 is 0 Å². The van der Waals surface area contributed by atoms with E-state index >= 15 is 0 Å². The normalized spacial score (nSPS) is 12.3. The number of rotatable bonds is 34. The van der Waals surface area contributed by atoms with E-state index in [4.69, 9.17) is 9.47 Å². The number of ether oxygens (including phenoxy) is 2. The molecule has 0 rings (SSSR count). The van der Waals surface area contributed by atoms with E-state index in [0.717, 1.165) is 44.9 Å². The molecule has 1 atom stereocenters. The third-order valence-corrected chi connectivity index (χ3v) is 8.22. The topological polar surface area (TPSA) is 72.8 Å². The Bertz CT molecular complexity index is 671. The molecular formula is C39H72O5. The number of hydrogen-bond donors (Lipinski definition) is 1. The van der Waals surface area contributed by atoms with Gasteiger partial charge in [-0.2, -0.15) is 0 Å². The second-order valence-corrected chi connectivity index (χ2v) is 12.6. The van der Waals surface area contributed by atoms with Gasteiger partial charge >= 0.3 is 11.9 Å². The van der Waals surface area contributed by atoms with Gasteiger partial charge in [-0.05, 0) is 57.8 Å². The number of unbranched alkanes of at least 4 members (excludes halogenated alkanes) is 22. The van der Waals surface area contributed by atoms with Crippen LogP contribution in [-0.2, 0) is 19.1 Å². The molecular weight excluding hydrogens is 548 g/mol. The zero-order chi connectivity index (χ0) is 32.2. The third-order valence-electron chi connectivity index (χ3n) is 8.22. The Balaban J connectivity index is 3.53. The molecule has 0 aliphatic carbocycles. The highest BCUT2D eigenvalue weighted by Gasteiger charge is 2.16. The highest BCUT2D eigenvalue weighted by atomic mass is 16.6. The molecule has 0 aromatic carbocycles. The van der Waals surface area contributed by atoms with E-state index in [1.54, 1.807) is 0 Å². The van der Waals surface area contributed by atoms with Gasteiger partial charge in [-0.3, -0.25) is 9.59 Å². The van der Waals surface area contributed by atoms with Crippen molar-refractivity contribution in [3.05, 3.63) is 24.3 Å². The van der Waals surface area contributed by atoms with Gasteiger partial charge in [-0.25, -0.2) is 0 Å². The zero-order valence-electron chi connectivity index (χ0n) is 29.2. The van der Waals surface area contributed by atoms with E-state index in [2.05, 4.69) is 38.2 Å². The van der Waals surface area contributed by atoms with Crippen LogP contribution >= 0.6 is 0 Å². The van der Waals surface area contributed by atoms with Gasteiger partial charge in [-0.15, -0.1) is 0 Å². The quantitative estimate of drug-likeness (QED) is 0.0440. The number of carbonyl (C=O) groups is 2. The summed E-state index contributed by atoms with van der Waals surface area (Å²) >= 11 is 0. The lowest BCUT2D eigenvalue weighted by Gasteiger charge is -2.15. The summed E-state index contributed by atoms with van der Waals surface area (Å²) in [6.45, 7) is 4.08. The third kappa shape index (κ3) is 33.3. The molecule has 0 fully saturated rings. The van der Waals surface area contributed by atoms with E-state index < -0.39 is 6.10 Å². The van der Waals surface area contributed by atoms with Gasteiger partial charge in [-0.1, -0.05) is 147 Å². The van der Waals surface area contributed by atoms with E-state index in [9.17, 15) is 14.7 Å². The lowest BCUT2D eigenvalue weighted by Crippen LogP contribution is -2.28. The molecule has 0 bridgehead atoms. The van der Waals surface area contributed by atoms with Crippen molar-refractivity contribution in [2.24, 2.45) is 0 Å². The molecule has 1 N–H and O–H groups in total. The molecule has 258 valence electrons. The predicted octanol–water partition coefficient (Wildman–Crippen LogP) is 11.5. The van der Waals surface area contributed by atoms with Gasteiger partial charge < -0.3 is 14.6 Å². The van der Waals surface area contributed by atoms with E-state index in [1.165, 1.54) is 122 Å². The van der Waals surface area contributed by atoms with Crippen molar-refractivity contribution in [2.45, 2.75) is 200 Å². The maximum absolute atomic E-state index is 12.1. The highest BCUT2D eigenvalue weighted by Crippen LogP contribution is 2.13. The standard InChI is InChI=1S/C39H72O5/c1-3-5-7-9-11-13-15-16-17-18-19-20-21-22-24-25-27-29-31-33-38(41)43-36-37(35-40)44-39(42)34-32-30-28-26-23-14-12-10-8-6-4-2/h10,12,16-17,37,40H,3-9,11,13-15,18-36H2,1-2H3. The first-order chi connectivity index (χ1) is 21.6. The molecule has 0 saturated carbocycles. The van der Waals surface area contributed by atoms with Gasteiger partial charge in [0, 0.05) is 12.8 Å². The average Bonchev–Trinajstić information content (AvgIpc) is 3.02. The molecule has 5 heteroatoms. The fraction of sp³-hybridized carbons (Fsp3) is 0.846. The number of allylic oxidation sites excluding steroid dienone is 4. The first-order valence-corrected chi connectivity index (χ1v) is 18.9. The molecule has 0 spiro atoms. The van der Waals surface area contributed by atoms with Crippen LogP contribution in [0.2, 0.25) is 0 Å². The Morgan fingerprint density at radius 3 is 1.30 bits per heavy atom. The van der Waals surface area contributed by atoms with Gasteiger partial charge in [0.15, 0.2) is 6.10 Å². The first-order valence-electron chi connectivity index (χ1n) is 18.9. The lowest BCUT2D eigenvalue weighted by atomic mass is 10.1. The molecule has 0 heterocycles. The van der Waals surface area contributed by atoms with Gasteiger partial charge in [0.25, 0.3) is 0 Å². The second-order valence-electron chi connectivity index (χ2n) is 12.6. The van der Waals surface area contributed by atoms with Gasteiger partial charge in [0.05, 0.1) is 6.61 Å². The zero-order valence-corrected chi connectivity index (χ0v) is 29.2. The molecule has 0 aliphatic heterocycles. The molecule has 0 radical (unpaired) electrons. The lowest BCUT2D eigenvalue weighted by molar-refractivity contribution is -0.161. The van der Waals surface area contributed by atoms with Crippen LogP contribution in [0.5, 0.6) is 0 Å². The van der Waals surface area contributed by atoms with Crippen LogP contribution in [0.4, 0.5) is 0 Å². The summed E-state index contributed by atoms with van der Waals surface area (Å²) in [5.41, 5.74) is 0. The maximum atomic E-state index is 12.1. The highest BCUT2D eigenvalue weighted by molar-refractivity contribution is 5.70. The van der Waals surface area contributed by atoms with Crippen LogP contribution in [0.25, 0.3) is 0 Å². The van der Waals surface area contributed by atoms with Crippen molar-refractivity contribution in [2.75, 3.05) is 13.2 Å². The van der Waals surface area contributed by atoms with Crippen LogP contribution in [0.15, 0.2) is 24.3 Å². The molecule has 44 heavy (non-hydrogen) atoms. The summed E-state index contributed by atoms with van der Waals surface area (Å²) < 4.78 is 10.6. The van der Waals surface area contributed by atoms with Crippen LogP contribution in [-0.4, -0.2) is 36.4 Å². The molecule has 0 aromatic rings. The minimum Gasteiger partial charge on any atom is -0.462 e. The molecule has 5 nitrogen and oxygen atoms in total. The smallest absolute Gasteiger partial charge is 0.306 e. The Morgan fingerprint density at radius 2 is 0.864 bits per heavy atom. The number of esters is 2. The molecule has 0 aliphatic rings. The van der Waals surface area contributed by atoms with Crippen LogP contribution in [0.3, 0.4) is 0 Å². The minimum atomic E-state index is -0.771. The van der Waals surface area contributed by atoms with Gasteiger partial charge in [0.1, 0.15) is 6.61 Å². The summed E-state index contributed by atoms with van der Waals surface area (Å²) in [5, 5.41) is 9.52. The number of aliphatic hydroxyl groups excluding tert-OH is 1. The van der Waals surface area contributed by atoms with Crippen molar-refractivity contribution in [3.8, 4) is 0 Å². The molecule has 0 amide bonds. The van der Waals surface area contributed by atoms with Crippen LogP contribution in [0, 0.1) is 0 Å². The van der Waals surface area contributed by atoms with Crippen molar-refractivity contribution >= 4 is 11.9 Å². The summed E-state index contributed by atoms with van der Waals surface area (Å²) in [4.78, 5) is 24.2. The van der Waals surface area contributed by atoms with Gasteiger partial charge in [0.2, 0.25) is 0 Å². The Morgan fingerprint density at radius 1 is 0.500 bits per heavy atom. The number of carbonyl (C=O) groups excluding carboxylic acids is 2. The summed E-state index contributed by atoms with van der Waals surface area (Å²) in [6, 6.07) is 0. The summed E-state index contributed by atoms with van der Waals surface area (Å²) in [7, 11) is 0. The second kappa shape index (κ2) is 35.9. The Kier molecular flexibility index (Phi) is 34.5. The summed E-state index contributed by atoms with van der Waals surface area (Å²) in [5.74, 6) is -0.602. The van der Waals surface area contributed by atoms with Crippen molar-refractivity contribution in [3.63, 3.8) is 0 Å². The number of hydrogen-bond acceptors (Lipinski definition) is 5. The molecule has 1 unspecified atom stereocenters. The fourth-order valence-corrected chi connectivity index (χ4v) is 5.29. The van der Waals surface area contributed by atoms with Crippen LogP contribution in [0.1, 0.15) is 194 Å². The predicted molar refractivity (Wildman–Crippen MR) is 187 cm³/mol. The average molecular weight is 621 g/mol. The maximum Gasteiger partial charge on any atom is 0.306 e. The van der Waals surface area contributed by atoms with Crippen molar-refractivity contribution in [1.29, 1.82) is 0 Å². The number of aliphatic hydroxyl groups is 1. The van der Waals surface area contributed by atoms with Crippen molar-refractivity contribution in [1.82, 2.24) is 0 Å². The Labute approximate surface area is 273 Å². The van der Waals surface area contributed by atoms with E-state index in [-0.39, 0.29) is 25.2 Å². The Hall–Kier alpha value is -1.62. The monoisotopic (exact) mass is 621 g/mol. The molecule has 0 aromatic heterocycles. The van der Waals surface area contributed by atoms with Crippen molar-refractivity contribution < 1.29 is 24.2 Å². The van der Waals surface area contributed by atoms with E-state index in [1.807, 2.05) is 0 Å². The molecule has 0 saturated heterocycles.